The van der Waals surface area contributed by atoms with Crippen LogP contribution in [-0.2, 0) is 9.59 Å². The van der Waals surface area contributed by atoms with E-state index in [4.69, 9.17) is 0 Å². The lowest BCUT2D eigenvalue weighted by Gasteiger charge is -2.32. The van der Waals surface area contributed by atoms with Crippen molar-refractivity contribution in [2.24, 2.45) is 53.3 Å². The average molecular weight is 555 g/mol. The van der Waals surface area contributed by atoms with E-state index in [1.807, 2.05) is 0 Å². The van der Waals surface area contributed by atoms with Crippen molar-refractivity contribution in [1.29, 1.82) is 0 Å². The molecular formula is C33H54N4O3. The molecule has 0 aromatic heterocycles. The van der Waals surface area contributed by atoms with Gasteiger partial charge in [0.15, 0.2) is 0 Å². The van der Waals surface area contributed by atoms with E-state index in [9.17, 15) is 14.7 Å². The molecule has 6 rings (SSSR count). The molecule has 5 saturated heterocycles. The molecule has 8 bridgehead atoms. The van der Waals surface area contributed by atoms with Gasteiger partial charge < -0.3 is 26.4 Å². The zero-order valence-corrected chi connectivity index (χ0v) is 25.3. The third-order valence-corrected chi connectivity index (χ3v) is 13.3. The van der Waals surface area contributed by atoms with Crippen LogP contribution in [0.3, 0.4) is 0 Å². The predicted octanol–water partition coefficient (Wildman–Crippen LogP) is 3.59. The SMILES string of the molecule is C=CC1C2CC3NC(CC4NC5C(CC(=O)C5C4C)C4NC(CC(N2)C1C)[C@@H](C)C4CCC(=O)O)C(CC)C3C. The summed E-state index contributed by atoms with van der Waals surface area (Å²) in [6, 6.07) is 2.84. The fourth-order valence-electron chi connectivity index (χ4n) is 11.0. The van der Waals surface area contributed by atoms with Gasteiger partial charge >= 0.3 is 5.97 Å². The standard InChI is InChI=1S/C33H54N4O3/c1-7-19-15(3)23-12-25-17(5)21(9-10-30(39)40)32(36-25)22-11-29(38)31-18(6)26(37-33(22)31)14-28-20(8-2)16(4)24(35-28)13-27(19)34-23/h7,15-28,31-37H,1,8-14H2,2-6H3,(H,39,40)/t15?,16?,17-,18?,19?,20?,21?,22?,23?,24?,25?,26?,27?,28?,31?,32?,33?/m0/s1. The highest BCUT2D eigenvalue weighted by Crippen LogP contribution is 2.49. The molecule has 40 heavy (non-hydrogen) atoms. The number of carboxylic acid groups (broad SMARTS) is 1. The lowest BCUT2D eigenvalue weighted by molar-refractivity contribution is -0.137. The topological polar surface area (TPSA) is 102 Å². The average Bonchev–Trinajstić information content (AvgIpc) is 3.65. The Kier molecular flexibility index (Phi) is 7.99. The van der Waals surface area contributed by atoms with Gasteiger partial charge in [0.1, 0.15) is 5.78 Å². The molecule has 5 heterocycles. The van der Waals surface area contributed by atoms with Crippen molar-refractivity contribution >= 4 is 11.8 Å². The van der Waals surface area contributed by atoms with Crippen molar-refractivity contribution in [2.45, 2.75) is 128 Å². The van der Waals surface area contributed by atoms with Crippen LogP contribution in [0.4, 0.5) is 0 Å². The van der Waals surface area contributed by atoms with E-state index in [0.29, 0.717) is 90.4 Å². The first-order chi connectivity index (χ1) is 19.1. The largest absolute Gasteiger partial charge is 0.481 e. The number of nitrogens with one attached hydrogen (secondary N) is 4. The van der Waals surface area contributed by atoms with Crippen LogP contribution < -0.4 is 21.3 Å². The Morgan fingerprint density at radius 1 is 0.825 bits per heavy atom. The molecule has 16 unspecified atom stereocenters. The number of fused-ring (bicyclic) bond motifs is 8. The summed E-state index contributed by atoms with van der Waals surface area (Å²) in [5, 5.41) is 25.9. The zero-order chi connectivity index (χ0) is 28.5. The quantitative estimate of drug-likeness (QED) is 0.331. The Labute approximate surface area is 241 Å². The minimum Gasteiger partial charge on any atom is -0.481 e. The smallest absolute Gasteiger partial charge is 0.303 e. The van der Waals surface area contributed by atoms with Gasteiger partial charge in [0.2, 0.25) is 0 Å². The number of carbonyl (C=O) groups excluding carboxylic acids is 1. The number of Topliss-reactive ketones (excluding diaryl/α,β-unsaturated/α-hetero) is 1. The Balaban J connectivity index is 1.35. The predicted molar refractivity (Wildman–Crippen MR) is 158 cm³/mol. The number of ketones is 1. The molecule has 1 saturated carbocycles. The summed E-state index contributed by atoms with van der Waals surface area (Å²) < 4.78 is 0. The second-order valence-electron chi connectivity index (χ2n) is 14.8. The Morgan fingerprint density at radius 2 is 1.40 bits per heavy atom. The van der Waals surface area contributed by atoms with Gasteiger partial charge in [0.05, 0.1) is 0 Å². The monoisotopic (exact) mass is 554 g/mol. The molecule has 224 valence electrons. The highest BCUT2D eigenvalue weighted by molar-refractivity contribution is 5.85. The molecule has 7 nitrogen and oxygen atoms in total. The van der Waals surface area contributed by atoms with Crippen LogP contribution in [0.15, 0.2) is 12.7 Å². The summed E-state index contributed by atoms with van der Waals surface area (Å²) in [6.45, 7) is 16.1. The third kappa shape index (κ3) is 4.71. The highest BCUT2D eigenvalue weighted by atomic mass is 16.4. The molecule has 0 aromatic rings. The number of rotatable bonds is 5. The number of carboxylic acids is 1. The lowest BCUT2D eigenvalue weighted by Crippen LogP contribution is -2.48. The molecule has 0 amide bonds. The number of carbonyl (C=O) groups is 2. The van der Waals surface area contributed by atoms with Crippen molar-refractivity contribution in [2.75, 3.05) is 0 Å². The van der Waals surface area contributed by atoms with Crippen molar-refractivity contribution < 1.29 is 14.7 Å². The van der Waals surface area contributed by atoms with E-state index in [-0.39, 0.29) is 36.3 Å². The molecule has 6 fully saturated rings. The maximum absolute atomic E-state index is 13.6. The summed E-state index contributed by atoms with van der Waals surface area (Å²) in [5.74, 6) is 3.26. The number of aliphatic carboxylic acids is 1. The van der Waals surface area contributed by atoms with Crippen molar-refractivity contribution in [1.82, 2.24) is 21.3 Å². The molecule has 5 aliphatic heterocycles. The van der Waals surface area contributed by atoms with E-state index in [1.165, 1.54) is 6.42 Å². The Hall–Kier alpha value is -1.28. The van der Waals surface area contributed by atoms with Crippen LogP contribution in [0.2, 0.25) is 0 Å². The van der Waals surface area contributed by atoms with E-state index < -0.39 is 5.97 Å². The number of hydrogen-bond acceptors (Lipinski definition) is 6. The van der Waals surface area contributed by atoms with Crippen molar-refractivity contribution in [3.05, 3.63) is 12.7 Å². The van der Waals surface area contributed by atoms with Gasteiger partial charge in [-0.15, -0.1) is 6.58 Å². The van der Waals surface area contributed by atoms with E-state index in [2.05, 4.69) is 68.5 Å². The van der Waals surface area contributed by atoms with E-state index >= 15 is 0 Å². The molecule has 6 aliphatic rings. The Bertz CT molecular complexity index is 989. The molecule has 7 heteroatoms. The second-order valence-corrected chi connectivity index (χ2v) is 14.8. The fourth-order valence-corrected chi connectivity index (χ4v) is 11.0. The molecule has 0 aromatic carbocycles. The Morgan fingerprint density at radius 3 is 2.10 bits per heavy atom. The van der Waals surface area contributed by atoms with Crippen LogP contribution in [0, 0.1) is 53.3 Å². The normalized spacial score (nSPS) is 53.7. The zero-order valence-electron chi connectivity index (χ0n) is 25.3. The summed E-state index contributed by atoms with van der Waals surface area (Å²) in [6.07, 6.45) is 8.13. The number of hydrogen-bond donors (Lipinski definition) is 5. The summed E-state index contributed by atoms with van der Waals surface area (Å²) in [5.41, 5.74) is 0. The van der Waals surface area contributed by atoms with Crippen molar-refractivity contribution in [3.8, 4) is 0 Å². The van der Waals surface area contributed by atoms with Crippen LogP contribution >= 0.6 is 0 Å². The minimum absolute atomic E-state index is 0.0858. The van der Waals surface area contributed by atoms with Gasteiger partial charge in [-0.05, 0) is 73.0 Å². The van der Waals surface area contributed by atoms with Gasteiger partial charge in [-0.3, -0.25) is 9.59 Å². The lowest BCUT2D eigenvalue weighted by atomic mass is 9.76. The maximum atomic E-state index is 13.6. The van der Waals surface area contributed by atoms with E-state index in [0.717, 1.165) is 19.3 Å². The van der Waals surface area contributed by atoms with Gasteiger partial charge in [-0.1, -0.05) is 47.1 Å². The first kappa shape index (κ1) is 28.8. The van der Waals surface area contributed by atoms with Gasteiger partial charge in [0, 0.05) is 67.1 Å². The molecule has 1 aliphatic carbocycles. The van der Waals surface area contributed by atoms with Crippen LogP contribution in [-0.4, -0.2) is 65.2 Å². The highest BCUT2D eigenvalue weighted by Gasteiger charge is 2.58. The summed E-state index contributed by atoms with van der Waals surface area (Å²) in [4.78, 5) is 25.2. The molecular weight excluding hydrogens is 500 g/mol. The van der Waals surface area contributed by atoms with E-state index in [1.54, 1.807) is 0 Å². The van der Waals surface area contributed by atoms with Gasteiger partial charge in [-0.25, -0.2) is 0 Å². The third-order valence-electron chi connectivity index (χ3n) is 13.3. The van der Waals surface area contributed by atoms with Gasteiger partial charge in [-0.2, -0.15) is 0 Å². The molecule has 5 N–H and O–H groups in total. The van der Waals surface area contributed by atoms with Crippen LogP contribution in [0.5, 0.6) is 0 Å². The molecule has 17 atom stereocenters. The molecule has 0 spiro atoms. The fraction of sp³-hybridized carbons (Fsp3) is 0.879. The second kappa shape index (κ2) is 11.1. The first-order valence-electron chi connectivity index (χ1n) is 16.5. The summed E-state index contributed by atoms with van der Waals surface area (Å²) in [7, 11) is 0. The van der Waals surface area contributed by atoms with Crippen molar-refractivity contribution in [3.63, 3.8) is 0 Å². The molecule has 0 radical (unpaired) electrons. The maximum Gasteiger partial charge on any atom is 0.303 e. The van der Waals surface area contributed by atoms with Crippen LogP contribution in [0.25, 0.3) is 0 Å². The minimum atomic E-state index is -0.717. The summed E-state index contributed by atoms with van der Waals surface area (Å²) >= 11 is 0. The van der Waals surface area contributed by atoms with Crippen LogP contribution in [0.1, 0.15) is 79.6 Å². The first-order valence-corrected chi connectivity index (χ1v) is 16.5. The van der Waals surface area contributed by atoms with Gasteiger partial charge in [0.25, 0.3) is 0 Å².